The Morgan fingerprint density at radius 2 is 1.67 bits per heavy atom. The number of piperazine rings is 1. The van der Waals surface area contributed by atoms with Gasteiger partial charge in [0, 0.05) is 37.6 Å². The second-order valence-corrected chi connectivity index (χ2v) is 7.53. The molecule has 1 fully saturated rings. The number of nitrogens with zero attached hydrogens (tertiary/aromatic N) is 2. The number of carbonyl (C=O) groups is 2. The molecule has 0 spiro atoms. The number of methoxy groups -OCH3 is 1. The SMILES string of the molecule is COc1ccc(N2CCN(CC(=O)NCC(=O)Nc3cccc(C)c3C)CC2)cc1. The fourth-order valence-corrected chi connectivity index (χ4v) is 3.48. The highest BCUT2D eigenvalue weighted by Crippen LogP contribution is 2.20. The molecule has 2 aromatic rings. The van der Waals surface area contributed by atoms with Crippen LogP contribution >= 0.6 is 0 Å². The van der Waals surface area contributed by atoms with Crippen molar-refractivity contribution in [1.29, 1.82) is 0 Å². The summed E-state index contributed by atoms with van der Waals surface area (Å²) in [6.45, 7) is 7.54. The zero-order chi connectivity index (χ0) is 21.5. The fraction of sp³-hybridized carbons (Fsp3) is 0.391. The summed E-state index contributed by atoms with van der Waals surface area (Å²) in [5.74, 6) is 0.487. The number of benzene rings is 2. The lowest BCUT2D eigenvalue weighted by Gasteiger charge is -2.35. The molecule has 0 saturated carbocycles. The van der Waals surface area contributed by atoms with Crippen molar-refractivity contribution >= 4 is 23.2 Å². The van der Waals surface area contributed by atoms with Gasteiger partial charge in [0.2, 0.25) is 11.8 Å². The van der Waals surface area contributed by atoms with E-state index in [1.54, 1.807) is 7.11 Å². The van der Waals surface area contributed by atoms with Gasteiger partial charge in [0.15, 0.2) is 0 Å². The van der Waals surface area contributed by atoms with E-state index in [-0.39, 0.29) is 18.4 Å². The van der Waals surface area contributed by atoms with Crippen LogP contribution in [0.3, 0.4) is 0 Å². The first-order valence-corrected chi connectivity index (χ1v) is 10.2. The van der Waals surface area contributed by atoms with Crippen LogP contribution in [0, 0.1) is 13.8 Å². The predicted octanol–water partition coefficient (Wildman–Crippen LogP) is 2.19. The fourth-order valence-electron chi connectivity index (χ4n) is 3.48. The molecule has 0 atom stereocenters. The summed E-state index contributed by atoms with van der Waals surface area (Å²) in [6, 6.07) is 13.8. The Kier molecular flexibility index (Phi) is 7.30. The minimum Gasteiger partial charge on any atom is -0.497 e. The molecule has 0 radical (unpaired) electrons. The van der Waals surface area contributed by atoms with E-state index >= 15 is 0 Å². The predicted molar refractivity (Wildman–Crippen MR) is 119 cm³/mol. The molecule has 7 nitrogen and oxygen atoms in total. The Labute approximate surface area is 178 Å². The van der Waals surface area contributed by atoms with Crippen molar-refractivity contribution < 1.29 is 14.3 Å². The summed E-state index contributed by atoms with van der Waals surface area (Å²) >= 11 is 0. The second-order valence-electron chi connectivity index (χ2n) is 7.53. The normalized spacial score (nSPS) is 14.3. The van der Waals surface area contributed by atoms with Crippen LogP contribution in [-0.2, 0) is 9.59 Å². The van der Waals surface area contributed by atoms with Gasteiger partial charge in [-0.25, -0.2) is 0 Å². The first-order valence-electron chi connectivity index (χ1n) is 10.2. The van der Waals surface area contributed by atoms with Gasteiger partial charge < -0.3 is 20.3 Å². The molecule has 7 heteroatoms. The number of hydrogen-bond donors (Lipinski definition) is 2. The number of nitrogens with one attached hydrogen (secondary N) is 2. The number of aryl methyl sites for hydroxylation is 1. The van der Waals surface area contributed by atoms with Gasteiger partial charge in [-0.15, -0.1) is 0 Å². The van der Waals surface area contributed by atoms with Crippen molar-refractivity contribution in [2.45, 2.75) is 13.8 Å². The summed E-state index contributed by atoms with van der Waals surface area (Å²) in [7, 11) is 1.66. The van der Waals surface area contributed by atoms with E-state index < -0.39 is 0 Å². The lowest BCUT2D eigenvalue weighted by Crippen LogP contribution is -2.50. The molecular weight excluding hydrogens is 380 g/mol. The number of hydrogen-bond acceptors (Lipinski definition) is 5. The number of rotatable bonds is 7. The Morgan fingerprint density at radius 1 is 0.967 bits per heavy atom. The maximum atomic E-state index is 12.3. The average molecular weight is 411 g/mol. The van der Waals surface area contributed by atoms with Gasteiger partial charge >= 0.3 is 0 Å². The highest BCUT2D eigenvalue weighted by atomic mass is 16.5. The first-order chi connectivity index (χ1) is 14.5. The molecule has 0 bridgehead atoms. The molecule has 1 saturated heterocycles. The largest absolute Gasteiger partial charge is 0.497 e. The van der Waals surface area contributed by atoms with Crippen molar-refractivity contribution in [3.8, 4) is 5.75 Å². The van der Waals surface area contributed by atoms with E-state index in [2.05, 4.69) is 32.6 Å². The summed E-state index contributed by atoms with van der Waals surface area (Å²) in [5, 5.41) is 5.58. The van der Waals surface area contributed by atoms with Gasteiger partial charge in [-0.3, -0.25) is 14.5 Å². The van der Waals surface area contributed by atoms with Crippen LogP contribution in [0.2, 0.25) is 0 Å². The number of anilines is 2. The summed E-state index contributed by atoms with van der Waals surface area (Å²) < 4.78 is 5.20. The van der Waals surface area contributed by atoms with Crippen molar-refractivity contribution in [1.82, 2.24) is 10.2 Å². The van der Waals surface area contributed by atoms with Crippen molar-refractivity contribution in [2.75, 3.05) is 56.6 Å². The molecule has 2 N–H and O–H groups in total. The lowest BCUT2D eigenvalue weighted by molar-refractivity contribution is -0.125. The molecule has 0 aliphatic carbocycles. The topological polar surface area (TPSA) is 73.9 Å². The smallest absolute Gasteiger partial charge is 0.243 e. The van der Waals surface area contributed by atoms with E-state index in [0.717, 1.165) is 54.4 Å². The molecule has 160 valence electrons. The van der Waals surface area contributed by atoms with Gasteiger partial charge in [0.05, 0.1) is 20.2 Å². The zero-order valence-corrected chi connectivity index (χ0v) is 17.9. The summed E-state index contributed by atoms with van der Waals surface area (Å²) in [5.41, 5.74) is 4.09. The van der Waals surface area contributed by atoms with Gasteiger partial charge in [-0.05, 0) is 55.3 Å². The minimum absolute atomic E-state index is 0.0297. The molecule has 2 aromatic carbocycles. The van der Waals surface area contributed by atoms with Gasteiger partial charge in [-0.1, -0.05) is 12.1 Å². The molecule has 30 heavy (non-hydrogen) atoms. The third-order valence-corrected chi connectivity index (χ3v) is 5.50. The first kappa shape index (κ1) is 21.6. The van der Waals surface area contributed by atoms with Crippen molar-refractivity contribution in [3.05, 3.63) is 53.6 Å². The van der Waals surface area contributed by atoms with Crippen LogP contribution in [0.4, 0.5) is 11.4 Å². The molecule has 3 rings (SSSR count). The summed E-state index contributed by atoms with van der Waals surface area (Å²) in [4.78, 5) is 28.8. The van der Waals surface area contributed by atoms with Crippen LogP contribution in [0.5, 0.6) is 5.75 Å². The Hall–Kier alpha value is -3.06. The maximum absolute atomic E-state index is 12.3. The second kappa shape index (κ2) is 10.1. The number of ether oxygens (including phenoxy) is 1. The molecule has 1 aliphatic rings. The molecule has 1 aliphatic heterocycles. The zero-order valence-electron chi connectivity index (χ0n) is 17.9. The molecule has 1 heterocycles. The monoisotopic (exact) mass is 410 g/mol. The Morgan fingerprint density at radius 3 is 2.33 bits per heavy atom. The maximum Gasteiger partial charge on any atom is 0.243 e. The average Bonchev–Trinajstić information content (AvgIpc) is 2.76. The van der Waals surface area contributed by atoms with Crippen LogP contribution in [0.1, 0.15) is 11.1 Å². The number of carbonyl (C=O) groups excluding carboxylic acids is 2. The van der Waals surface area contributed by atoms with Gasteiger partial charge in [0.1, 0.15) is 5.75 Å². The van der Waals surface area contributed by atoms with E-state index in [1.165, 1.54) is 0 Å². The minimum atomic E-state index is -0.221. The van der Waals surface area contributed by atoms with Crippen LogP contribution in [0.25, 0.3) is 0 Å². The van der Waals surface area contributed by atoms with E-state index in [4.69, 9.17) is 4.74 Å². The van der Waals surface area contributed by atoms with E-state index in [9.17, 15) is 9.59 Å². The summed E-state index contributed by atoms with van der Waals surface area (Å²) in [6.07, 6.45) is 0. The lowest BCUT2D eigenvalue weighted by atomic mass is 10.1. The van der Waals surface area contributed by atoms with Crippen molar-refractivity contribution in [2.24, 2.45) is 0 Å². The van der Waals surface area contributed by atoms with E-state index in [0.29, 0.717) is 6.54 Å². The third-order valence-electron chi connectivity index (χ3n) is 5.50. The highest BCUT2D eigenvalue weighted by Gasteiger charge is 2.19. The third kappa shape index (κ3) is 5.73. The van der Waals surface area contributed by atoms with Gasteiger partial charge in [0.25, 0.3) is 0 Å². The quantitative estimate of drug-likeness (QED) is 0.732. The molecule has 2 amide bonds. The standard InChI is InChI=1S/C23H30N4O3/c1-17-5-4-6-21(18(17)2)25-22(28)15-24-23(29)16-26-11-13-27(14-12-26)19-7-9-20(30-3)10-8-19/h4-10H,11-16H2,1-3H3,(H,24,29)(H,25,28). The van der Waals surface area contributed by atoms with Crippen LogP contribution in [-0.4, -0.2) is 63.1 Å². The Balaban J connectivity index is 1.39. The van der Waals surface area contributed by atoms with Crippen molar-refractivity contribution in [3.63, 3.8) is 0 Å². The van der Waals surface area contributed by atoms with E-state index in [1.807, 2.05) is 44.2 Å². The number of amides is 2. The molecule has 0 unspecified atom stereocenters. The van der Waals surface area contributed by atoms with Crippen LogP contribution in [0.15, 0.2) is 42.5 Å². The van der Waals surface area contributed by atoms with Crippen LogP contribution < -0.4 is 20.3 Å². The molecular formula is C23H30N4O3. The Bertz CT molecular complexity index is 875. The highest BCUT2D eigenvalue weighted by molar-refractivity contribution is 5.95. The van der Waals surface area contributed by atoms with Gasteiger partial charge in [-0.2, -0.15) is 0 Å². The molecule has 0 aromatic heterocycles.